The van der Waals surface area contributed by atoms with E-state index in [9.17, 15) is 4.79 Å². The van der Waals surface area contributed by atoms with E-state index in [1.54, 1.807) is 0 Å². The topological polar surface area (TPSA) is 64.3 Å². The molecule has 0 radical (unpaired) electrons. The zero-order valence-electron chi connectivity index (χ0n) is 14.7. The lowest BCUT2D eigenvalue weighted by Crippen LogP contribution is -2.19. The average molecular weight is 315 g/mol. The molecule has 0 bridgehead atoms. The first-order valence-electron chi connectivity index (χ1n) is 9.37. The van der Waals surface area contributed by atoms with Crippen molar-refractivity contribution in [2.45, 2.75) is 84.0 Å². The normalized spacial score (nSPS) is 10.8. The van der Waals surface area contributed by atoms with E-state index in [0.717, 1.165) is 51.7 Å². The molecule has 0 heterocycles. The molecule has 0 rings (SSSR count). The molecule has 0 fully saturated rings. The van der Waals surface area contributed by atoms with Gasteiger partial charge in [-0.1, -0.05) is 51.9 Å². The Labute approximate surface area is 137 Å². The molecule has 0 saturated heterocycles. The molecule has 0 saturated carbocycles. The van der Waals surface area contributed by atoms with Gasteiger partial charge in [-0.05, 0) is 45.3 Å². The molecule has 0 aromatic heterocycles. The van der Waals surface area contributed by atoms with Gasteiger partial charge in [0.2, 0.25) is 0 Å². The minimum absolute atomic E-state index is 0.0332. The highest BCUT2D eigenvalue weighted by atomic mass is 16.5. The van der Waals surface area contributed by atoms with E-state index in [1.165, 1.54) is 38.5 Å². The lowest BCUT2D eigenvalue weighted by molar-refractivity contribution is -0.143. The second kappa shape index (κ2) is 18.4. The van der Waals surface area contributed by atoms with Gasteiger partial charge in [0.05, 0.1) is 6.61 Å². The number of carbonyl (C=O) groups excluding carboxylic acids is 1. The molecule has 0 aliphatic rings. The molecule has 0 aromatic rings. The first kappa shape index (κ1) is 21.4. The number of hydrogen-bond acceptors (Lipinski definition) is 4. The van der Waals surface area contributed by atoms with Crippen molar-refractivity contribution in [3.63, 3.8) is 0 Å². The Hall–Kier alpha value is -0.610. The third-order valence-electron chi connectivity index (χ3n) is 3.80. The third-order valence-corrected chi connectivity index (χ3v) is 3.80. The van der Waals surface area contributed by atoms with Crippen molar-refractivity contribution in [2.75, 3.05) is 26.2 Å². The Morgan fingerprint density at radius 1 is 0.864 bits per heavy atom. The molecule has 3 N–H and O–H groups in total. The molecule has 4 heteroatoms. The highest BCUT2D eigenvalue weighted by Crippen LogP contribution is 2.09. The minimum atomic E-state index is -0.0332. The summed E-state index contributed by atoms with van der Waals surface area (Å²) in [5.74, 6) is -0.0332. The standard InChI is InChI=1S/C18H38N2O2/c1-2-3-4-5-6-7-8-9-13-18(21)22-17-12-16-20-15-11-10-14-19/h20H,2-17,19H2,1H3. The van der Waals surface area contributed by atoms with E-state index >= 15 is 0 Å². The molecule has 0 spiro atoms. The number of esters is 1. The first-order valence-corrected chi connectivity index (χ1v) is 9.37. The van der Waals surface area contributed by atoms with Crippen LogP contribution in [0.2, 0.25) is 0 Å². The van der Waals surface area contributed by atoms with E-state index in [4.69, 9.17) is 10.5 Å². The molecular weight excluding hydrogens is 276 g/mol. The molecule has 4 nitrogen and oxygen atoms in total. The van der Waals surface area contributed by atoms with Gasteiger partial charge in [-0.2, -0.15) is 0 Å². The van der Waals surface area contributed by atoms with Crippen LogP contribution in [-0.4, -0.2) is 32.2 Å². The molecule has 132 valence electrons. The van der Waals surface area contributed by atoms with Crippen molar-refractivity contribution >= 4 is 5.97 Å². The fraction of sp³-hybridized carbons (Fsp3) is 0.944. The number of rotatable bonds is 17. The van der Waals surface area contributed by atoms with Gasteiger partial charge in [0.25, 0.3) is 0 Å². The van der Waals surface area contributed by atoms with E-state index < -0.39 is 0 Å². The van der Waals surface area contributed by atoms with E-state index in [1.807, 2.05) is 0 Å². The van der Waals surface area contributed by atoms with Crippen LogP contribution in [0.25, 0.3) is 0 Å². The van der Waals surface area contributed by atoms with Gasteiger partial charge >= 0.3 is 5.97 Å². The molecule has 0 aromatic carbocycles. The van der Waals surface area contributed by atoms with E-state index in [0.29, 0.717) is 13.0 Å². The Morgan fingerprint density at radius 3 is 2.18 bits per heavy atom. The molecule has 0 amide bonds. The van der Waals surface area contributed by atoms with Crippen molar-refractivity contribution in [1.29, 1.82) is 0 Å². The Morgan fingerprint density at radius 2 is 1.50 bits per heavy atom. The molecule has 0 aliphatic heterocycles. The predicted molar refractivity (Wildman–Crippen MR) is 94.0 cm³/mol. The largest absolute Gasteiger partial charge is 0.466 e. The molecule has 0 atom stereocenters. The summed E-state index contributed by atoms with van der Waals surface area (Å²) in [5, 5.41) is 3.33. The number of unbranched alkanes of at least 4 members (excludes halogenated alkanes) is 8. The van der Waals surface area contributed by atoms with Crippen LogP contribution in [0.15, 0.2) is 0 Å². The minimum Gasteiger partial charge on any atom is -0.466 e. The van der Waals surface area contributed by atoms with Crippen molar-refractivity contribution in [3.05, 3.63) is 0 Å². The van der Waals surface area contributed by atoms with Crippen LogP contribution in [0, 0.1) is 0 Å². The predicted octanol–water partition coefficient (Wildman–Crippen LogP) is 3.78. The Bertz CT molecular complexity index is 213. The van der Waals surface area contributed by atoms with Gasteiger partial charge < -0.3 is 15.8 Å². The summed E-state index contributed by atoms with van der Waals surface area (Å²) in [6.45, 7) is 5.46. The van der Waals surface area contributed by atoms with Crippen LogP contribution in [0.1, 0.15) is 84.0 Å². The average Bonchev–Trinajstić information content (AvgIpc) is 2.52. The summed E-state index contributed by atoms with van der Waals surface area (Å²) in [6, 6.07) is 0. The monoisotopic (exact) mass is 314 g/mol. The number of ether oxygens (including phenoxy) is 1. The molecule has 0 aliphatic carbocycles. The second-order valence-corrected chi connectivity index (χ2v) is 6.04. The van der Waals surface area contributed by atoms with Crippen LogP contribution in [0.3, 0.4) is 0 Å². The van der Waals surface area contributed by atoms with Crippen molar-refractivity contribution < 1.29 is 9.53 Å². The number of hydrogen-bond donors (Lipinski definition) is 2. The van der Waals surface area contributed by atoms with Crippen LogP contribution in [-0.2, 0) is 9.53 Å². The third kappa shape index (κ3) is 17.4. The van der Waals surface area contributed by atoms with Crippen molar-refractivity contribution in [1.82, 2.24) is 5.32 Å². The summed E-state index contributed by atoms with van der Waals surface area (Å²) in [7, 11) is 0. The van der Waals surface area contributed by atoms with E-state index in [2.05, 4.69) is 12.2 Å². The van der Waals surface area contributed by atoms with Gasteiger partial charge in [0.15, 0.2) is 0 Å². The lowest BCUT2D eigenvalue weighted by Gasteiger charge is -2.06. The van der Waals surface area contributed by atoms with Gasteiger partial charge in [-0.3, -0.25) is 4.79 Å². The maximum absolute atomic E-state index is 11.5. The van der Waals surface area contributed by atoms with Crippen LogP contribution in [0.5, 0.6) is 0 Å². The zero-order chi connectivity index (χ0) is 16.3. The van der Waals surface area contributed by atoms with Gasteiger partial charge in [-0.25, -0.2) is 0 Å². The lowest BCUT2D eigenvalue weighted by atomic mass is 10.1. The van der Waals surface area contributed by atoms with Crippen molar-refractivity contribution in [3.8, 4) is 0 Å². The van der Waals surface area contributed by atoms with Gasteiger partial charge in [0, 0.05) is 6.42 Å². The Kier molecular flexibility index (Phi) is 17.9. The number of carbonyl (C=O) groups is 1. The number of nitrogens with one attached hydrogen (secondary N) is 1. The highest BCUT2D eigenvalue weighted by Gasteiger charge is 2.02. The van der Waals surface area contributed by atoms with Gasteiger partial charge in [-0.15, -0.1) is 0 Å². The highest BCUT2D eigenvalue weighted by molar-refractivity contribution is 5.69. The smallest absolute Gasteiger partial charge is 0.305 e. The summed E-state index contributed by atoms with van der Waals surface area (Å²) in [4.78, 5) is 11.5. The maximum atomic E-state index is 11.5. The Balaban J connectivity index is 3.13. The fourth-order valence-electron chi connectivity index (χ4n) is 2.38. The summed E-state index contributed by atoms with van der Waals surface area (Å²) in [6.07, 6.45) is 13.7. The summed E-state index contributed by atoms with van der Waals surface area (Å²) < 4.78 is 5.23. The number of nitrogens with two attached hydrogens (primary N) is 1. The second-order valence-electron chi connectivity index (χ2n) is 6.04. The summed E-state index contributed by atoms with van der Waals surface area (Å²) in [5.41, 5.74) is 5.42. The van der Waals surface area contributed by atoms with Crippen LogP contribution >= 0.6 is 0 Å². The zero-order valence-corrected chi connectivity index (χ0v) is 14.7. The molecule has 0 unspecified atom stereocenters. The summed E-state index contributed by atoms with van der Waals surface area (Å²) >= 11 is 0. The fourth-order valence-corrected chi connectivity index (χ4v) is 2.38. The first-order chi connectivity index (χ1) is 10.8. The van der Waals surface area contributed by atoms with Crippen LogP contribution in [0.4, 0.5) is 0 Å². The van der Waals surface area contributed by atoms with Crippen LogP contribution < -0.4 is 11.1 Å². The quantitative estimate of drug-likeness (QED) is 0.317. The molecular formula is C18H38N2O2. The van der Waals surface area contributed by atoms with Gasteiger partial charge in [0.1, 0.15) is 0 Å². The van der Waals surface area contributed by atoms with Crippen molar-refractivity contribution in [2.24, 2.45) is 5.73 Å². The van der Waals surface area contributed by atoms with E-state index in [-0.39, 0.29) is 5.97 Å². The maximum Gasteiger partial charge on any atom is 0.305 e. The SMILES string of the molecule is CCCCCCCCCCC(=O)OCCCNCCCCN. The molecule has 22 heavy (non-hydrogen) atoms.